The second-order valence-corrected chi connectivity index (χ2v) is 7.58. The van der Waals surface area contributed by atoms with Crippen molar-refractivity contribution < 1.29 is 9.18 Å². The van der Waals surface area contributed by atoms with Crippen molar-refractivity contribution in [3.05, 3.63) is 83.4 Å². The third-order valence-electron chi connectivity index (χ3n) is 5.27. The topological polar surface area (TPSA) is 70.7 Å². The second kappa shape index (κ2) is 9.51. The predicted octanol–water partition coefficient (Wildman–Crippen LogP) is 5.08. The van der Waals surface area contributed by atoms with Crippen molar-refractivity contribution in [1.82, 2.24) is 20.5 Å². The van der Waals surface area contributed by atoms with Crippen molar-refractivity contribution >= 4 is 16.8 Å². The van der Waals surface area contributed by atoms with Crippen molar-refractivity contribution in [3.63, 3.8) is 0 Å². The lowest BCUT2D eigenvalue weighted by atomic mass is 9.99. The Labute approximate surface area is 180 Å². The number of rotatable bonds is 8. The number of benzene rings is 2. The standard InChI is InChI=1S/C25H25FN4O/c1-2-4-18-15-23(17-6-9-20(26)10-7-17)29-24-16-19(8-11-22(18)24)25(31)27-13-3-5-21-12-14-28-30-21/h6-12,14-16H,2-5,13H2,1H3,(H,27,31)(H,28,30). The zero-order chi connectivity index (χ0) is 21.6. The zero-order valence-electron chi connectivity index (χ0n) is 17.5. The van der Waals surface area contributed by atoms with Gasteiger partial charge in [0.1, 0.15) is 5.82 Å². The number of hydrogen-bond donors (Lipinski definition) is 2. The number of aromatic amines is 1. The van der Waals surface area contributed by atoms with Crippen LogP contribution in [0.3, 0.4) is 0 Å². The summed E-state index contributed by atoms with van der Waals surface area (Å²) in [6.07, 6.45) is 5.33. The molecular formula is C25H25FN4O. The normalized spacial score (nSPS) is 11.0. The van der Waals surface area contributed by atoms with E-state index in [2.05, 4.69) is 28.5 Å². The van der Waals surface area contributed by atoms with Crippen molar-refractivity contribution in [1.29, 1.82) is 0 Å². The Hall–Kier alpha value is -3.54. The smallest absolute Gasteiger partial charge is 0.251 e. The summed E-state index contributed by atoms with van der Waals surface area (Å²) in [5.74, 6) is -0.389. The highest BCUT2D eigenvalue weighted by Gasteiger charge is 2.11. The first-order chi connectivity index (χ1) is 15.1. The van der Waals surface area contributed by atoms with E-state index >= 15 is 0 Å². The molecule has 0 fully saturated rings. The lowest BCUT2D eigenvalue weighted by Crippen LogP contribution is -2.24. The molecule has 0 bridgehead atoms. The van der Waals surface area contributed by atoms with E-state index in [1.165, 1.54) is 17.7 Å². The Bertz CT molecular complexity index is 1170. The molecule has 0 saturated carbocycles. The molecule has 0 aliphatic carbocycles. The fourth-order valence-electron chi connectivity index (χ4n) is 3.69. The van der Waals surface area contributed by atoms with E-state index in [1.54, 1.807) is 18.3 Å². The Morgan fingerprint density at radius 1 is 1.06 bits per heavy atom. The summed E-state index contributed by atoms with van der Waals surface area (Å²) in [4.78, 5) is 17.4. The number of aromatic nitrogens is 3. The van der Waals surface area contributed by atoms with E-state index < -0.39 is 0 Å². The van der Waals surface area contributed by atoms with Crippen LogP contribution in [0.1, 0.15) is 41.4 Å². The minimum atomic E-state index is -0.274. The van der Waals surface area contributed by atoms with Crippen molar-refractivity contribution in [2.45, 2.75) is 32.6 Å². The first-order valence-corrected chi connectivity index (χ1v) is 10.6. The number of carbonyl (C=O) groups excluding carboxylic acids is 1. The van der Waals surface area contributed by atoms with Gasteiger partial charge in [0.05, 0.1) is 16.9 Å². The SMILES string of the molecule is CCCc1cc(-c2ccc(F)cc2)nc2cc(C(=O)NCCCc3cc[nH]n3)ccc12. The molecule has 4 rings (SSSR count). The molecule has 0 unspecified atom stereocenters. The van der Waals surface area contributed by atoms with Crippen LogP contribution in [-0.4, -0.2) is 27.6 Å². The summed E-state index contributed by atoms with van der Waals surface area (Å²) in [6, 6.07) is 16.0. The first kappa shape index (κ1) is 20.7. The molecule has 0 aliphatic rings. The molecule has 1 amide bonds. The first-order valence-electron chi connectivity index (χ1n) is 10.6. The van der Waals surface area contributed by atoms with Crippen LogP contribution in [0.2, 0.25) is 0 Å². The van der Waals surface area contributed by atoms with Gasteiger partial charge < -0.3 is 5.32 Å². The molecule has 0 spiro atoms. The minimum absolute atomic E-state index is 0.116. The Kier molecular flexibility index (Phi) is 6.36. The average Bonchev–Trinajstić information content (AvgIpc) is 3.30. The Morgan fingerprint density at radius 2 is 1.90 bits per heavy atom. The molecule has 6 heteroatoms. The molecule has 158 valence electrons. The molecule has 0 aliphatic heterocycles. The zero-order valence-corrected chi connectivity index (χ0v) is 17.5. The molecule has 4 aromatic rings. The Morgan fingerprint density at radius 3 is 2.65 bits per heavy atom. The third-order valence-corrected chi connectivity index (χ3v) is 5.27. The van der Waals surface area contributed by atoms with Gasteiger partial charge in [-0.2, -0.15) is 5.10 Å². The number of aryl methyl sites for hydroxylation is 2. The summed E-state index contributed by atoms with van der Waals surface area (Å²) in [6.45, 7) is 2.71. The lowest BCUT2D eigenvalue weighted by molar-refractivity contribution is 0.0953. The summed E-state index contributed by atoms with van der Waals surface area (Å²) < 4.78 is 13.3. The molecule has 5 nitrogen and oxygen atoms in total. The molecule has 2 heterocycles. The highest BCUT2D eigenvalue weighted by molar-refractivity contribution is 5.98. The Balaban J connectivity index is 1.56. The molecule has 31 heavy (non-hydrogen) atoms. The maximum atomic E-state index is 13.3. The van der Waals surface area contributed by atoms with E-state index in [0.29, 0.717) is 12.1 Å². The molecule has 2 aromatic heterocycles. The van der Waals surface area contributed by atoms with E-state index in [0.717, 1.165) is 53.5 Å². The predicted molar refractivity (Wildman–Crippen MR) is 120 cm³/mol. The largest absolute Gasteiger partial charge is 0.352 e. The molecule has 0 atom stereocenters. The van der Waals surface area contributed by atoms with Crippen LogP contribution in [0.15, 0.2) is 60.8 Å². The van der Waals surface area contributed by atoms with Crippen molar-refractivity contribution in [2.24, 2.45) is 0 Å². The van der Waals surface area contributed by atoms with Crippen molar-refractivity contribution in [2.75, 3.05) is 6.54 Å². The number of halogens is 1. The minimum Gasteiger partial charge on any atom is -0.352 e. The molecule has 2 aromatic carbocycles. The van der Waals surface area contributed by atoms with Gasteiger partial charge in [-0.15, -0.1) is 0 Å². The van der Waals surface area contributed by atoms with Crippen LogP contribution in [0.4, 0.5) is 4.39 Å². The lowest BCUT2D eigenvalue weighted by Gasteiger charge is -2.11. The molecule has 0 radical (unpaired) electrons. The van der Waals surface area contributed by atoms with Gasteiger partial charge in [0, 0.05) is 29.3 Å². The van der Waals surface area contributed by atoms with Crippen molar-refractivity contribution in [3.8, 4) is 11.3 Å². The number of hydrogen-bond acceptors (Lipinski definition) is 3. The van der Waals surface area contributed by atoms with E-state index in [9.17, 15) is 9.18 Å². The van der Waals surface area contributed by atoms with Crippen LogP contribution >= 0.6 is 0 Å². The summed E-state index contributed by atoms with van der Waals surface area (Å²) >= 11 is 0. The van der Waals surface area contributed by atoms with Crippen LogP contribution in [-0.2, 0) is 12.8 Å². The number of nitrogens with one attached hydrogen (secondary N) is 2. The van der Waals surface area contributed by atoms with Gasteiger partial charge in [-0.25, -0.2) is 9.37 Å². The van der Waals surface area contributed by atoms with E-state index in [4.69, 9.17) is 4.98 Å². The average molecular weight is 417 g/mol. The molecule has 0 saturated heterocycles. The van der Waals surface area contributed by atoms with Crippen LogP contribution in [0, 0.1) is 5.82 Å². The quantitative estimate of drug-likeness (QED) is 0.394. The van der Waals surface area contributed by atoms with Gasteiger partial charge in [0.2, 0.25) is 0 Å². The summed E-state index contributed by atoms with van der Waals surface area (Å²) in [5.41, 5.74) is 5.16. The number of H-pyrrole nitrogens is 1. The number of carbonyl (C=O) groups is 1. The number of nitrogens with zero attached hydrogens (tertiary/aromatic N) is 2. The van der Waals surface area contributed by atoms with Gasteiger partial charge >= 0.3 is 0 Å². The number of fused-ring (bicyclic) bond motifs is 1. The second-order valence-electron chi connectivity index (χ2n) is 7.58. The summed E-state index contributed by atoms with van der Waals surface area (Å²) in [5, 5.41) is 10.9. The number of pyridine rings is 1. The third kappa shape index (κ3) is 4.97. The highest BCUT2D eigenvalue weighted by Crippen LogP contribution is 2.27. The maximum Gasteiger partial charge on any atom is 0.251 e. The van der Waals surface area contributed by atoms with Crippen LogP contribution in [0.5, 0.6) is 0 Å². The van der Waals surface area contributed by atoms with Gasteiger partial charge in [-0.3, -0.25) is 9.89 Å². The van der Waals surface area contributed by atoms with E-state index in [1.807, 2.05) is 24.3 Å². The maximum absolute atomic E-state index is 13.3. The molecular weight excluding hydrogens is 391 g/mol. The highest BCUT2D eigenvalue weighted by atomic mass is 19.1. The van der Waals surface area contributed by atoms with Crippen LogP contribution < -0.4 is 5.32 Å². The van der Waals surface area contributed by atoms with Gasteiger partial charge in [-0.1, -0.05) is 19.4 Å². The van der Waals surface area contributed by atoms with E-state index in [-0.39, 0.29) is 11.7 Å². The fraction of sp³-hybridized carbons (Fsp3) is 0.240. The van der Waals surface area contributed by atoms with Gasteiger partial charge in [0.25, 0.3) is 5.91 Å². The summed E-state index contributed by atoms with van der Waals surface area (Å²) in [7, 11) is 0. The number of amides is 1. The fourth-order valence-corrected chi connectivity index (χ4v) is 3.69. The molecule has 2 N–H and O–H groups in total. The van der Waals surface area contributed by atoms with Gasteiger partial charge in [-0.05, 0) is 73.4 Å². The van der Waals surface area contributed by atoms with Crippen LogP contribution in [0.25, 0.3) is 22.2 Å². The monoisotopic (exact) mass is 416 g/mol. The van der Waals surface area contributed by atoms with Gasteiger partial charge in [0.15, 0.2) is 0 Å².